The Labute approximate surface area is 181 Å². The number of carbonyl (C=O) groups excluding carboxylic acids is 1. The molecule has 2 heterocycles. The van der Waals surface area contributed by atoms with Gasteiger partial charge in [0.1, 0.15) is 22.2 Å². The zero-order chi connectivity index (χ0) is 21.1. The largest absolute Gasteiger partial charge is 0.495 e. The Balaban J connectivity index is 1.54. The average Bonchev–Trinajstić information content (AvgIpc) is 3.44. The number of hydrogen-bond acceptors (Lipinski definition) is 6. The molecule has 4 rings (SSSR count). The molecule has 0 saturated carbocycles. The second kappa shape index (κ2) is 8.56. The lowest BCUT2D eigenvalue weighted by Gasteiger charge is -2.12. The summed E-state index contributed by atoms with van der Waals surface area (Å²) in [6, 6.07) is 13.0. The maximum absolute atomic E-state index is 12.7. The van der Waals surface area contributed by atoms with Gasteiger partial charge in [-0.3, -0.25) is 4.79 Å². The van der Waals surface area contributed by atoms with Crippen molar-refractivity contribution in [3.8, 4) is 27.8 Å². The van der Waals surface area contributed by atoms with Crippen LogP contribution >= 0.6 is 22.9 Å². The SMILES string of the molecule is COc1cc(OC)c(NC(=O)c2csc(-c3cnn(-c4ccccc4)c3)n2)cc1Cl. The zero-order valence-corrected chi connectivity index (χ0v) is 17.7. The second-order valence-corrected chi connectivity index (χ2v) is 7.45. The fraction of sp³-hybridized carbons (Fsp3) is 0.0952. The van der Waals surface area contributed by atoms with E-state index in [1.165, 1.54) is 25.6 Å². The standard InChI is InChI=1S/C21H17ClN4O3S/c1-28-18-9-19(29-2)16(8-15(18)22)24-20(27)17-12-30-21(25-17)13-10-23-26(11-13)14-6-4-3-5-7-14/h3-12H,1-2H3,(H,24,27). The first-order valence-corrected chi connectivity index (χ1v) is 10.1. The molecule has 0 aliphatic rings. The van der Waals surface area contributed by atoms with Gasteiger partial charge in [0.25, 0.3) is 5.91 Å². The molecule has 0 unspecified atom stereocenters. The smallest absolute Gasteiger partial charge is 0.275 e. The minimum absolute atomic E-state index is 0.288. The molecule has 1 N–H and O–H groups in total. The molecule has 2 aromatic heterocycles. The van der Waals surface area contributed by atoms with E-state index < -0.39 is 0 Å². The molecule has 0 atom stereocenters. The van der Waals surface area contributed by atoms with Crippen LogP contribution in [0.3, 0.4) is 0 Å². The monoisotopic (exact) mass is 440 g/mol. The summed E-state index contributed by atoms with van der Waals surface area (Å²) >= 11 is 7.54. The minimum Gasteiger partial charge on any atom is -0.495 e. The molecule has 0 aliphatic carbocycles. The predicted octanol–water partition coefficient (Wildman–Crippen LogP) is 4.92. The Hall–Kier alpha value is -3.36. The predicted molar refractivity (Wildman–Crippen MR) is 117 cm³/mol. The number of amides is 1. The molecule has 0 fully saturated rings. The van der Waals surface area contributed by atoms with Crippen molar-refractivity contribution in [2.45, 2.75) is 0 Å². The number of aromatic nitrogens is 3. The number of hydrogen-bond donors (Lipinski definition) is 1. The highest BCUT2D eigenvalue weighted by Gasteiger charge is 2.17. The fourth-order valence-electron chi connectivity index (χ4n) is 2.81. The molecule has 4 aromatic rings. The fourth-order valence-corrected chi connectivity index (χ4v) is 3.83. The molecule has 7 nitrogen and oxygen atoms in total. The van der Waals surface area contributed by atoms with Gasteiger partial charge in [-0.25, -0.2) is 9.67 Å². The normalized spacial score (nSPS) is 10.6. The first-order chi connectivity index (χ1) is 14.6. The van der Waals surface area contributed by atoms with Crippen LogP contribution in [0.2, 0.25) is 5.02 Å². The number of methoxy groups -OCH3 is 2. The van der Waals surface area contributed by atoms with Crippen LogP contribution in [0, 0.1) is 0 Å². The molecule has 0 aliphatic heterocycles. The number of carbonyl (C=O) groups is 1. The lowest BCUT2D eigenvalue weighted by Crippen LogP contribution is -2.13. The van der Waals surface area contributed by atoms with E-state index in [-0.39, 0.29) is 11.6 Å². The van der Waals surface area contributed by atoms with Crippen LogP contribution in [0.1, 0.15) is 10.5 Å². The first kappa shape index (κ1) is 19.9. The lowest BCUT2D eigenvalue weighted by atomic mass is 10.2. The Morgan fingerprint density at radius 3 is 2.63 bits per heavy atom. The average molecular weight is 441 g/mol. The maximum Gasteiger partial charge on any atom is 0.275 e. The highest BCUT2D eigenvalue weighted by molar-refractivity contribution is 7.13. The third-order valence-electron chi connectivity index (χ3n) is 4.31. The van der Waals surface area contributed by atoms with E-state index in [0.717, 1.165) is 11.3 Å². The quantitative estimate of drug-likeness (QED) is 0.460. The van der Waals surface area contributed by atoms with E-state index in [2.05, 4.69) is 15.4 Å². The number of halogens is 1. The summed E-state index contributed by atoms with van der Waals surface area (Å²) < 4.78 is 12.3. The summed E-state index contributed by atoms with van der Waals surface area (Å²) in [7, 11) is 3.01. The van der Waals surface area contributed by atoms with Gasteiger partial charge in [-0.1, -0.05) is 29.8 Å². The Morgan fingerprint density at radius 2 is 1.90 bits per heavy atom. The van der Waals surface area contributed by atoms with E-state index in [0.29, 0.717) is 27.2 Å². The number of anilines is 1. The zero-order valence-electron chi connectivity index (χ0n) is 16.1. The van der Waals surface area contributed by atoms with Crippen molar-refractivity contribution in [1.82, 2.24) is 14.8 Å². The molecule has 9 heteroatoms. The summed E-state index contributed by atoms with van der Waals surface area (Å²) in [4.78, 5) is 17.2. The topological polar surface area (TPSA) is 78.3 Å². The van der Waals surface area contributed by atoms with Crippen molar-refractivity contribution < 1.29 is 14.3 Å². The highest BCUT2D eigenvalue weighted by Crippen LogP contribution is 2.36. The van der Waals surface area contributed by atoms with Crippen LogP contribution in [-0.4, -0.2) is 34.9 Å². The van der Waals surface area contributed by atoms with Crippen LogP contribution in [0.4, 0.5) is 5.69 Å². The molecule has 0 bridgehead atoms. The summed E-state index contributed by atoms with van der Waals surface area (Å²) in [6.07, 6.45) is 3.60. The van der Waals surface area contributed by atoms with Gasteiger partial charge in [-0.05, 0) is 18.2 Å². The van der Waals surface area contributed by atoms with Gasteiger partial charge in [-0.2, -0.15) is 5.10 Å². The molecule has 0 radical (unpaired) electrons. The third-order valence-corrected chi connectivity index (χ3v) is 5.50. The van der Waals surface area contributed by atoms with E-state index in [9.17, 15) is 4.79 Å². The van der Waals surface area contributed by atoms with Crippen molar-refractivity contribution >= 4 is 34.5 Å². The third kappa shape index (κ3) is 4.00. The Morgan fingerprint density at radius 1 is 1.13 bits per heavy atom. The molecule has 30 heavy (non-hydrogen) atoms. The number of ether oxygens (including phenoxy) is 2. The van der Waals surface area contributed by atoms with Crippen LogP contribution in [-0.2, 0) is 0 Å². The summed E-state index contributed by atoms with van der Waals surface area (Å²) in [5, 5.41) is 9.91. The van der Waals surface area contributed by atoms with Crippen LogP contribution in [0.5, 0.6) is 11.5 Å². The number of nitrogens with one attached hydrogen (secondary N) is 1. The minimum atomic E-state index is -0.368. The number of nitrogens with zero attached hydrogens (tertiary/aromatic N) is 3. The van der Waals surface area contributed by atoms with Crippen molar-refractivity contribution in [2.24, 2.45) is 0 Å². The molecule has 0 spiro atoms. The second-order valence-electron chi connectivity index (χ2n) is 6.19. The maximum atomic E-state index is 12.7. The van der Waals surface area contributed by atoms with Gasteiger partial charge in [0.05, 0.1) is 36.8 Å². The van der Waals surface area contributed by atoms with Gasteiger partial charge < -0.3 is 14.8 Å². The van der Waals surface area contributed by atoms with Crippen molar-refractivity contribution in [1.29, 1.82) is 0 Å². The van der Waals surface area contributed by atoms with Crippen LogP contribution < -0.4 is 14.8 Å². The lowest BCUT2D eigenvalue weighted by molar-refractivity contribution is 0.102. The van der Waals surface area contributed by atoms with Crippen LogP contribution in [0.15, 0.2) is 60.2 Å². The first-order valence-electron chi connectivity index (χ1n) is 8.88. The van der Waals surface area contributed by atoms with Crippen molar-refractivity contribution in [2.75, 3.05) is 19.5 Å². The van der Waals surface area contributed by atoms with Crippen molar-refractivity contribution in [3.05, 3.63) is 71.0 Å². The molecule has 152 valence electrons. The molecular formula is C21H17ClN4O3S. The summed E-state index contributed by atoms with van der Waals surface area (Å²) in [6.45, 7) is 0. The van der Waals surface area contributed by atoms with E-state index in [4.69, 9.17) is 21.1 Å². The van der Waals surface area contributed by atoms with Gasteiger partial charge in [-0.15, -0.1) is 11.3 Å². The van der Waals surface area contributed by atoms with Crippen molar-refractivity contribution in [3.63, 3.8) is 0 Å². The molecule has 2 aromatic carbocycles. The number of thiazole rings is 1. The molecule has 0 saturated heterocycles. The van der Waals surface area contributed by atoms with E-state index in [1.54, 1.807) is 28.4 Å². The number of para-hydroxylation sites is 1. The molecular weight excluding hydrogens is 424 g/mol. The Bertz CT molecular complexity index is 1190. The van der Waals surface area contributed by atoms with Crippen LogP contribution in [0.25, 0.3) is 16.3 Å². The summed E-state index contributed by atoms with van der Waals surface area (Å²) in [5.74, 6) is 0.523. The van der Waals surface area contributed by atoms with Gasteiger partial charge >= 0.3 is 0 Å². The van der Waals surface area contributed by atoms with Gasteiger partial charge in [0, 0.05) is 23.2 Å². The Kier molecular flexibility index (Phi) is 5.69. The van der Waals surface area contributed by atoms with Gasteiger partial charge in [0.2, 0.25) is 0 Å². The number of benzene rings is 2. The summed E-state index contributed by atoms with van der Waals surface area (Å²) in [5.41, 5.74) is 2.49. The van der Waals surface area contributed by atoms with Gasteiger partial charge in [0.15, 0.2) is 0 Å². The number of rotatable bonds is 6. The van der Waals surface area contributed by atoms with E-state index in [1.807, 2.05) is 36.5 Å². The molecule has 1 amide bonds. The van der Waals surface area contributed by atoms with E-state index >= 15 is 0 Å². The highest BCUT2D eigenvalue weighted by atomic mass is 35.5.